The van der Waals surface area contributed by atoms with Gasteiger partial charge in [-0.15, -0.1) is 11.3 Å². The van der Waals surface area contributed by atoms with Gasteiger partial charge >= 0.3 is 5.97 Å². The molecule has 94 valence electrons. The number of carbonyl (C=O) groups is 1. The minimum Gasteiger partial charge on any atom is -0.469 e. The molecule has 1 aromatic carbocycles. The normalized spacial score (nSPS) is 10.4. The predicted molar refractivity (Wildman–Crippen MR) is 78.7 cm³/mol. The Kier molecular flexibility index (Phi) is 4.53. The Morgan fingerprint density at radius 3 is 2.83 bits per heavy atom. The molecule has 0 saturated heterocycles. The Hall–Kier alpha value is -0.720. The first-order valence-corrected chi connectivity index (χ1v) is 7.53. The maximum absolute atomic E-state index is 11.2. The van der Waals surface area contributed by atoms with Crippen molar-refractivity contribution >= 4 is 49.2 Å². The Morgan fingerprint density at radius 1 is 1.39 bits per heavy atom. The fourth-order valence-corrected chi connectivity index (χ4v) is 2.81. The minimum atomic E-state index is -0.274. The molecule has 0 aliphatic heterocycles. The van der Waals surface area contributed by atoms with Gasteiger partial charge in [0, 0.05) is 19.9 Å². The average molecular weight is 391 g/mol. The molecule has 0 radical (unpaired) electrons. The van der Waals surface area contributed by atoms with Crippen molar-refractivity contribution in [2.24, 2.45) is 0 Å². The molecule has 18 heavy (non-hydrogen) atoms. The molecule has 0 aliphatic carbocycles. The molecule has 0 atom stereocenters. The molecule has 1 aromatic heterocycles. The predicted octanol–water partition coefficient (Wildman–Crippen LogP) is 4.05. The Labute approximate surface area is 125 Å². The van der Waals surface area contributed by atoms with Crippen LogP contribution in [0.15, 0.2) is 32.5 Å². The largest absolute Gasteiger partial charge is 0.469 e. The summed E-state index contributed by atoms with van der Waals surface area (Å²) in [6.45, 7) is 0. The summed E-state index contributed by atoms with van der Waals surface area (Å²) in [6, 6.07) is 5.93. The third-order valence-corrected chi connectivity index (χ3v) is 5.09. The van der Waals surface area contributed by atoms with Crippen molar-refractivity contribution in [2.45, 2.75) is 6.42 Å². The highest BCUT2D eigenvalue weighted by Gasteiger charge is 2.09. The van der Waals surface area contributed by atoms with Crippen LogP contribution >= 0.6 is 43.2 Å². The van der Waals surface area contributed by atoms with E-state index in [0.717, 1.165) is 25.2 Å². The Bertz CT molecular complexity index is 583. The van der Waals surface area contributed by atoms with Crippen LogP contribution in [0.25, 0.3) is 10.6 Å². The van der Waals surface area contributed by atoms with Gasteiger partial charge in [-0.05, 0) is 44.0 Å². The van der Waals surface area contributed by atoms with Gasteiger partial charge in [0.1, 0.15) is 5.01 Å². The second-order valence-electron chi connectivity index (χ2n) is 3.53. The van der Waals surface area contributed by atoms with Crippen molar-refractivity contribution in [3.8, 4) is 10.6 Å². The van der Waals surface area contributed by atoms with E-state index in [1.54, 1.807) is 0 Å². The number of aromatic nitrogens is 1. The third kappa shape index (κ3) is 3.18. The molecule has 2 aromatic rings. The van der Waals surface area contributed by atoms with Crippen LogP contribution in [0, 0.1) is 0 Å². The second-order valence-corrected chi connectivity index (χ2v) is 6.09. The number of nitrogens with zero attached hydrogens (tertiary/aromatic N) is 1. The molecule has 2 rings (SSSR count). The highest BCUT2D eigenvalue weighted by Crippen LogP contribution is 2.30. The molecule has 0 amide bonds. The molecule has 0 aliphatic rings. The molecular formula is C12H9Br2NO2S. The summed E-state index contributed by atoms with van der Waals surface area (Å²) in [5, 5.41) is 2.77. The van der Waals surface area contributed by atoms with Gasteiger partial charge in [0.15, 0.2) is 0 Å². The highest BCUT2D eigenvalue weighted by molar-refractivity contribution is 9.13. The van der Waals surface area contributed by atoms with Gasteiger partial charge in [-0.25, -0.2) is 4.98 Å². The third-order valence-electron chi connectivity index (χ3n) is 2.27. The molecule has 0 fully saturated rings. The number of esters is 1. The molecule has 0 unspecified atom stereocenters. The number of carbonyl (C=O) groups excluding carboxylic acids is 1. The number of hydrogen-bond donors (Lipinski definition) is 0. The van der Waals surface area contributed by atoms with E-state index in [-0.39, 0.29) is 12.4 Å². The van der Waals surface area contributed by atoms with E-state index in [1.165, 1.54) is 18.4 Å². The van der Waals surface area contributed by atoms with Crippen molar-refractivity contribution in [2.75, 3.05) is 7.11 Å². The molecule has 6 heteroatoms. The summed E-state index contributed by atoms with van der Waals surface area (Å²) < 4.78 is 6.59. The van der Waals surface area contributed by atoms with Crippen molar-refractivity contribution in [1.82, 2.24) is 4.98 Å². The maximum Gasteiger partial charge on any atom is 0.311 e. The Balaban J connectivity index is 2.23. The quantitative estimate of drug-likeness (QED) is 0.742. The zero-order valence-electron chi connectivity index (χ0n) is 9.44. The standard InChI is InChI=1S/C12H9Br2NO2S/c1-17-11(16)5-8-6-18-12(15-8)7-2-3-9(13)10(14)4-7/h2-4,6H,5H2,1H3. The number of rotatable bonds is 3. The SMILES string of the molecule is COC(=O)Cc1csc(-c2ccc(Br)c(Br)c2)n1. The zero-order valence-corrected chi connectivity index (χ0v) is 13.4. The van der Waals surface area contributed by atoms with Crippen molar-refractivity contribution < 1.29 is 9.53 Å². The topological polar surface area (TPSA) is 39.2 Å². The summed E-state index contributed by atoms with van der Waals surface area (Å²) in [7, 11) is 1.38. The summed E-state index contributed by atoms with van der Waals surface area (Å²) in [5.41, 5.74) is 1.76. The van der Waals surface area contributed by atoms with Gasteiger partial charge < -0.3 is 4.74 Å². The van der Waals surface area contributed by atoms with E-state index in [9.17, 15) is 4.79 Å². The summed E-state index contributed by atoms with van der Waals surface area (Å²) >= 11 is 8.40. The van der Waals surface area contributed by atoms with Crippen LogP contribution in [0.5, 0.6) is 0 Å². The number of benzene rings is 1. The van der Waals surface area contributed by atoms with E-state index in [4.69, 9.17) is 0 Å². The van der Waals surface area contributed by atoms with Crippen LogP contribution in [-0.4, -0.2) is 18.1 Å². The van der Waals surface area contributed by atoms with Crippen LogP contribution in [0.3, 0.4) is 0 Å². The number of thiazole rings is 1. The molecule has 1 heterocycles. The second kappa shape index (κ2) is 5.95. The minimum absolute atomic E-state index is 0.213. The van der Waals surface area contributed by atoms with E-state index >= 15 is 0 Å². The molecule has 0 N–H and O–H groups in total. The van der Waals surface area contributed by atoms with E-state index in [0.29, 0.717) is 0 Å². The fourth-order valence-electron chi connectivity index (χ4n) is 1.37. The smallest absolute Gasteiger partial charge is 0.311 e. The van der Waals surface area contributed by atoms with E-state index < -0.39 is 0 Å². The maximum atomic E-state index is 11.2. The lowest BCUT2D eigenvalue weighted by atomic mass is 10.2. The lowest BCUT2D eigenvalue weighted by molar-refractivity contribution is -0.139. The Morgan fingerprint density at radius 2 is 2.17 bits per heavy atom. The van der Waals surface area contributed by atoms with Gasteiger partial charge in [0.2, 0.25) is 0 Å². The zero-order chi connectivity index (χ0) is 13.1. The first-order chi connectivity index (χ1) is 8.60. The molecule has 0 bridgehead atoms. The van der Waals surface area contributed by atoms with Gasteiger partial charge in [0.05, 0.1) is 19.2 Å². The fraction of sp³-hybridized carbons (Fsp3) is 0.167. The van der Waals surface area contributed by atoms with E-state index in [1.807, 2.05) is 23.6 Å². The first kappa shape index (κ1) is 13.7. The van der Waals surface area contributed by atoms with Crippen LogP contribution in [0.2, 0.25) is 0 Å². The lowest BCUT2D eigenvalue weighted by Gasteiger charge is -1.99. The van der Waals surface area contributed by atoms with Crippen LogP contribution < -0.4 is 0 Å². The number of methoxy groups -OCH3 is 1. The number of halogens is 2. The average Bonchev–Trinajstić information content (AvgIpc) is 2.81. The van der Waals surface area contributed by atoms with Crippen molar-refractivity contribution in [1.29, 1.82) is 0 Å². The summed E-state index contributed by atoms with van der Waals surface area (Å²) in [4.78, 5) is 15.6. The van der Waals surface area contributed by atoms with Crippen molar-refractivity contribution in [3.05, 3.63) is 38.2 Å². The molecule has 0 saturated carbocycles. The van der Waals surface area contributed by atoms with Gasteiger partial charge in [-0.1, -0.05) is 6.07 Å². The van der Waals surface area contributed by atoms with Gasteiger partial charge in [-0.3, -0.25) is 4.79 Å². The molecule has 0 spiro atoms. The molecule has 3 nitrogen and oxygen atoms in total. The van der Waals surface area contributed by atoms with Gasteiger partial charge in [-0.2, -0.15) is 0 Å². The number of ether oxygens (including phenoxy) is 1. The summed E-state index contributed by atoms with van der Waals surface area (Å²) in [5.74, 6) is -0.274. The van der Waals surface area contributed by atoms with Crippen LogP contribution in [0.4, 0.5) is 0 Å². The van der Waals surface area contributed by atoms with Crippen LogP contribution in [-0.2, 0) is 16.0 Å². The monoisotopic (exact) mass is 389 g/mol. The summed E-state index contributed by atoms with van der Waals surface area (Å²) in [6.07, 6.45) is 0.213. The van der Waals surface area contributed by atoms with Crippen molar-refractivity contribution in [3.63, 3.8) is 0 Å². The van der Waals surface area contributed by atoms with E-state index in [2.05, 4.69) is 41.6 Å². The lowest BCUT2D eigenvalue weighted by Crippen LogP contribution is -2.04. The number of hydrogen-bond acceptors (Lipinski definition) is 4. The van der Waals surface area contributed by atoms with Crippen LogP contribution in [0.1, 0.15) is 5.69 Å². The first-order valence-electron chi connectivity index (χ1n) is 5.07. The van der Waals surface area contributed by atoms with Gasteiger partial charge in [0.25, 0.3) is 0 Å². The molecular weight excluding hydrogens is 382 g/mol. The highest BCUT2D eigenvalue weighted by atomic mass is 79.9.